The second-order valence-corrected chi connectivity index (χ2v) is 4.46. The third-order valence-corrected chi connectivity index (χ3v) is 3.17. The molecule has 2 N–H and O–H groups in total. The van der Waals surface area contributed by atoms with E-state index < -0.39 is 0 Å². The first kappa shape index (κ1) is 10.1. The lowest BCUT2D eigenvalue weighted by Crippen LogP contribution is -1.90. The minimum absolute atomic E-state index is 0.639. The smallest absolute Gasteiger partial charge is 0.278 e. The highest BCUT2D eigenvalue weighted by molar-refractivity contribution is 7.11. The van der Waals surface area contributed by atoms with E-state index in [1.54, 1.807) is 6.20 Å². The van der Waals surface area contributed by atoms with Gasteiger partial charge in [0, 0.05) is 28.0 Å². The van der Waals surface area contributed by atoms with Gasteiger partial charge in [0.15, 0.2) is 0 Å². The van der Waals surface area contributed by atoms with Gasteiger partial charge in [-0.3, -0.25) is 0 Å². The number of thiazole rings is 1. The number of hydrogen-bond acceptors (Lipinski definition) is 4. The van der Waals surface area contributed by atoms with Gasteiger partial charge in [0.2, 0.25) is 0 Å². The Labute approximate surface area is 102 Å². The molecule has 0 bridgehead atoms. The molecule has 0 fully saturated rings. The number of rotatable bonds is 2. The lowest BCUT2D eigenvalue weighted by molar-refractivity contribution is 0.484. The maximum Gasteiger partial charge on any atom is 0.278 e. The van der Waals surface area contributed by atoms with Crippen molar-refractivity contribution in [3.63, 3.8) is 0 Å². The molecule has 4 heteroatoms. The Morgan fingerprint density at radius 1 is 1.06 bits per heavy atom. The van der Waals surface area contributed by atoms with Gasteiger partial charge in [-0.2, -0.15) is 0 Å². The molecule has 0 aliphatic rings. The van der Waals surface area contributed by atoms with E-state index in [2.05, 4.69) is 4.98 Å². The number of fused-ring (bicyclic) bond motifs is 1. The summed E-state index contributed by atoms with van der Waals surface area (Å²) in [7, 11) is 0. The summed E-state index contributed by atoms with van der Waals surface area (Å²) in [4.78, 5) is 4.11. The highest BCUT2D eigenvalue weighted by atomic mass is 32.1. The van der Waals surface area contributed by atoms with Crippen molar-refractivity contribution in [3.8, 4) is 10.9 Å². The van der Waals surface area contributed by atoms with E-state index in [9.17, 15) is 0 Å². The normalized spacial score (nSPS) is 10.6. The van der Waals surface area contributed by atoms with Crippen LogP contribution in [0.15, 0.2) is 48.0 Å². The summed E-state index contributed by atoms with van der Waals surface area (Å²) < 4.78 is 5.74. The summed E-state index contributed by atoms with van der Waals surface area (Å²) in [5, 5.41) is 4.53. The second kappa shape index (κ2) is 4.07. The van der Waals surface area contributed by atoms with Gasteiger partial charge in [-0.05, 0) is 12.1 Å². The highest BCUT2D eigenvalue weighted by Crippen LogP contribution is 2.33. The van der Waals surface area contributed by atoms with Crippen LogP contribution in [0.5, 0.6) is 10.9 Å². The van der Waals surface area contributed by atoms with Crippen LogP contribution < -0.4 is 10.5 Å². The molecule has 84 valence electrons. The molecule has 2 aromatic carbocycles. The van der Waals surface area contributed by atoms with Crippen molar-refractivity contribution in [2.45, 2.75) is 0 Å². The molecule has 0 saturated heterocycles. The average molecular weight is 242 g/mol. The fourth-order valence-corrected chi connectivity index (χ4v) is 2.24. The number of nitrogen functional groups attached to an aromatic ring is 1. The molecule has 1 heterocycles. The Morgan fingerprint density at radius 3 is 2.65 bits per heavy atom. The minimum Gasteiger partial charge on any atom is -0.430 e. The van der Waals surface area contributed by atoms with Gasteiger partial charge in [0.05, 0.1) is 0 Å². The first-order valence-electron chi connectivity index (χ1n) is 5.19. The number of nitrogens with zero attached hydrogens (tertiary/aromatic N) is 1. The van der Waals surface area contributed by atoms with E-state index in [1.165, 1.54) is 11.3 Å². The predicted octanol–water partition coefficient (Wildman–Crippen LogP) is 3.67. The van der Waals surface area contributed by atoms with Crippen molar-refractivity contribution >= 4 is 27.8 Å². The maximum absolute atomic E-state index is 5.93. The molecule has 0 radical (unpaired) electrons. The Hall–Kier alpha value is -2.07. The number of benzene rings is 2. The van der Waals surface area contributed by atoms with E-state index in [4.69, 9.17) is 10.5 Å². The third-order valence-electron chi connectivity index (χ3n) is 2.52. The first-order valence-corrected chi connectivity index (χ1v) is 6.07. The van der Waals surface area contributed by atoms with E-state index in [0.717, 1.165) is 22.2 Å². The zero-order valence-electron chi connectivity index (χ0n) is 8.96. The summed E-state index contributed by atoms with van der Waals surface area (Å²) in [5.41, 5.74) is 6.69. The van der Waals surface area contributed by atoms with Crippen molar-refractivity contribution in [3.05, 3.63) is 48.0 Å². The molecule has 0 aliphatic heterocycles. The van der Waals surface area contributed by atoms with Crippen LogP contribution in [0.25, 0.3) is 10.8 Å². The number of aromatic nitrogens is 1. The zero-order chi connectivity index (χ0) is 11.7. The van der Waals surface area contributed by atoms with Crippen LogP contribution >= 0.6 is 11.3 Å². The lowest BCUT2D eigenvalue weighted by Gasteiger charge is -2.08. The van der Waals surface area contributed by atoms with E-state index in [-0.39, 0.29) is 0 Å². The van der Waals surface area contributed by atoms with Gasteiger partial charge < -0.3 is 10.5 Å². The van der Waals surface area contributed by atoms with Crippen molar-refractivity contribution in [2.24, 2.45) is 0 Å². The van der Waals surface area contributed by atoms with Gasteiger partial charge in [-0.1, -0.05) is 35.6 Å². The number of nitrogens with two attached hydrogens (primary N) is 1. The molecule has 3 aromatic rings. The number of hydrogen-bond donors (Lipinski definition) is 1. The predicted molar refractivity (Wildman–Crippen MR) is 70.5 cm³/mol. The highest BCUT2D eigenvalue weighted by Gasteiger charge is 2.06. The van der Waals surface area contributed by atoms with Crippen LogP contribution in [0.1, 0.15) is 0 Å². The van der Waals surface area contributed by atoms with Crippen molar-refractivity contribution in [1.29, 1.82) is 0 Å². The number of ether oxygens (including phenoxy) is 1. The molecular formula is C13H10N2OS. The minimum atomic E-state index is 0.639. The van der Waals surface area contributed by atoms with Crippen LogP contribution in [-0.2, 0) is 0 Å². The summed E-state index contributed by atoms with van der Waals surface area (Å²) in [6.45, 7) is 0. The van der Waals surface area contributed by atoms with Gasteiger partial charge >= 0.3 is 0 Å². The molecule has 0 aliphatic carbocycles. The van der Waals surface area contributed by atoms with E-state index in [0.29, 0.717) is 5.19 Å². The van der Waals surface area contributed by atoms with E-state index >= 15 is 0 Å². The van der Waals surface area contributed by atoms with Crippen molar-refractivity contribution in [1.82, 2.24) is 4.98 Å². The monoisotopic (exact) mass is 242 g/mol. The van der Waals surface area contributed by atoms with Crippen molar-refractivity contribution < 1.29 is 4.74 Å². The molecule has 3 nitrogen and oxygen atoms in total. The molecule has 0 saturated carbocycles. The van der Waals surface area contributed by atoms with Crippen LogP contribution in [0.3, 0.4) is 0 Å². The SMILES string of the molecule is Nc1ccc(Oc2nccs2)c2ccccc12. The van der Waals surface area contributed by atoms with Crippen LogP contribution in [0.2, 0.25) is 0 Å². The topological polar surface area (TPSA) is 48.1 Å². The standard InChI is InChI=1S/C13H10N2OS/c14-11-5-6-12(16-13-15-7-8-17-13)10-4-2-1-3-9(10)11/h1-8H,14H2. The largest absolute Gasteiger partial charge is 0.430 e. The third kappa shape index (κ3) is 1.83. The Bertz CT molecular complexity index is 650. The zero-order valence-corrected chi connectivity index (χ0v) is 9.78. The van der Waals surface area contributed by atoms with Gasteiger partial charge in [-0.15, -0.1) is 0 Å². The fraction of sp³-hybridized carbons (Fsp3) is 0. The number of anilines is 1. The maximum atomic E-state index is 5.93. The lowest BCUT2D eigenvalue weighted by atomic mass is 10.1. The molecule has 3 rings (SSSR count). The first-order chi connectivity index (χ1) is 8.34. The Balaban J connectivity index is 2.14. The average Bonchev–Trinajstić information content (AvgIpc) is 2.86. The van der Waals surface area contributed by atoms with Crippen molar-refractivity contribution in [2.75, 3.05) is 5.73 Å². The van der Waals surface area contributed by atoms with Gasteiger partial charge in [0.1, 0.15) is 5.75 Å². The Morgan fingerprint density at radius 2 is 1.88 bits per heavy atom. The molecule has 1 aromatic heterocycles. The molecule has 0 unspecified atom stereocenters. The van der Waals surface area contributed by atoms with Crippen LogP contribution in [0.4, 0.5) is 5.69 Å². The molecule has 0 amide bonds. The van der Waals surface area contributed by atoms with Crippen LogP contribution in [-0.4, -0.2) is 4.98 Å². The quantitative estimate of drug-likeness (QED) is 0.697. The Kier molecular flexibility index (Phi) is 2.42. The second-order valence-electron chi connectivity index (χ2n) is 3.60. The van der Waals surface area contributed by atoms with Crippen LogP contribution in [0, 0.1) is 0 Å². The molecule has 17 heavy (non-hydrogen) atoms. The van der Waals surface area contributed by atoms with Gasteiger partial charge in [-0.25, -0.2) is 4.98 Å². The molecule has 0 atom stereocenters. The molecular weight excluding hydrogens is 232 g/mol. The fourth-order valence-electron chi connectivity index (χ4n) is 1.74. The summed E-state index contributed by atoms with van der Waals surface area (Å²) in [5.74, 6) is 0.782. The summed E-state index contributed by atoms with van der Waals surface area (Å²) in [6.07, 6.45) is 1.72. The summed E-state index contributed by atoms with van der Waals surface area (Å²) >= 11 is 1.47. The molecule has 0 spiro atoms. The van der Waals surface area contributed by atoms with E-state index in [1.807, 2.05) is 41.8 Å². The summed E-state index contributed by atoms with van der Waals surface area (Å²) in [6, 6.07) is 11.6. The van der Waals surface area contributed by atoms with Gasteiger partial charge in [0.25, 0.3) is 5.19 Å².